The molecular weight excluding hydrogens is 358 g/mol. The topological polar surface area (TPSA) is 90.6 Å². The first-order valence-corrected chi connectivity index (χ1v) is 9.72. The van der Waals surface area contributed by atoms with E-state index in [1.165, 1.54) is 5.56 Å². The summed E-state index contributed by atoms with van der Waals surface area (Å²) in [6.45, 7) is 2.79. The number of rotatable bonds is 2. The molecule has 0 aliphatic carbocycles. The number of piperidine rings is 1. The average Bonchev–Trinajstić information content (AvgIpc) is 3.21. The number of morpholine rings is 1. The van der Waals surface area contributed by atoms with Gasteiger partial charge in [-0.15, -0.1) is 0 Å². The molecule has 0 radical (unpaired) electrons. The van der Waals surface area contributed by atoms with Crippen molar-refractivity contribution < 1.29 is 14.3 Å². The molecule has 146 valence electrons. The lowest BCUT2D eigenvalue weighted by Gasteiger charge is -2.46. The maximum atomic E-state index is 12.8. The molecule has 1 aromatic heterocycles. The summed E-state index contributed by atoms with van der Waals surface area (Å²) in [5, 5.41) is 9.90. The van der Waals surface area contributed by atoms with Gasteiger partial charge in [0.05, 0.1) is 17.8 Å². The number of hydrogen-bond donors (Lipinski definition) is 2. The van der Waals surface area contributed by atoms with E-state index >= 15 is 0 Å². The zero-order valence-electron chi connectivity index (χ0n) is 15.5. The number of ether oxygens (including phenoxy) is 1. The molecular formula is C20H23N5O3. The molecule has 3 amide bonds. The number of carbonyl (C=O) groups excluding carboxylic acids is 2. The number of urea groups is 1. The van der Waals surface area contributed by atoms with E-state index in [0.29, 0.717) is 19.0 Å². The molecule has 2 atom stereocenters. The SMILES string of the molecule is O=C1COC2CCN(C(=O)N3CC(c4ccc(-c5ccn[nH]5)cc4)C3)C[C@H]2N1. The van der Waals surface area contributed by atoms with E-state index < -0.39 is 0 Å². The highest BCUT2D eigenvalue weighted by atomic mass is 16.5. The van der Waals surface area contributed by atoms with E-state index in [2.05, 4.69) is 39.8 Å². The minimum atomic E-state index is -0.0989. The predicted molar refractivity (Wildman–Crippen MR) is 102 cm³/mol. The Kier molecular flexibility index (Phi) is 4.27. The number of likely N-dealkylation sites (tertiary alicyclic amines) is 2. The maximum absolute atomic E-state index is 12.8. The Labute approximate surface area is 162 Å². The first-order valence-electron chi connectivity index (χ1n) is 9.72. The number of nitrogens with one attached hydrogen (secondary N) is 2. The molecule has 5 rings (SSSR count). The highest BCUT2D eigenvalue weighted by molar-refractivity contribution is 5.79. The van der Waals surface area contributed by atoms with Crippen molar-refractivity contribution in [2.75, 3.05) is 32.8 Å². The number of benzene rings is 1. The number of H-pyrrole nitrogens is 1. The van der Waals surface area contributed by atoms with Gasteiger partial charge >= 0.3 is 6.03 Å². The quantitative estimate of drug-likeness (QED) is 0.818. The monoisotopic (exact) mass is 381 g/mol. The fourth-order valence-corrected chi connectivity index (χ4v) is 4.27. The molecule has 0 bridgehead atoms. The van der Waals surface area contributed by atoms with Gasteiger partial charge in [0.1, 0.15) is 6.61 Å². The standard InChI is InChI=1S/C20H23N5O3/c26-19-12-28-18-6-8-24(11-17(18)22-19)20(27)25-9-15(10-25)13-1-3-14(4-2-13)16-5-7-21-23-16/h1-5,7,15,17-18H,6,8-12H2,(H,21,23)(H,22,26)/t17-,18?/m1/s1. The molecule has 4 heterocycles. The van der Waals surface area contributed by atoms with Gasteiger partial charge in [-0.25, -0.2) is 4.79 Å². The summed E-state index contributed by atoms with van der Waals surface area (Å²) in [6, 6.07) is 10.3. The Hall–Kier alpha value is -2.87. The van der Waals surface area contributed by atoms with Crippen LogP contribution < -0.4 is 5.32 Å². The summed E-state index contributed by atoms with van der Waals surface area (Å²) in [5.74, 6) is 0.271. The number of hydrogen-bond acceptors (Lipinski definition) is 4. The lowest BCUT2D eigenvalue weighted by molar-refractivity contribution is -0.139. The zero-order valence-corrected chi connectivity index (χ0v) is 15.5. The molecule has 8 heteroatoms. The molecule has 28 heavy (non-hydrogen) atoms. The number of aromatic nitrogens is 2. The van der Waals surface area contributed by atoms with Gasteiger partial charge in [0.15, 0.2) is 0 Å². The number of nitrogens with zero attached hydrogens (tertiary/aromatic N) is 3. The van der Waals surface area contributed by atoms with Gasteiger partial charge in [0.2, 0.25) is 5.91 Å². The van der Waals surface area contributed by atoms with Crippen LogP contribution in [0.3, 0.4) is 0 Å². The second-order valence-electron chi connectivity index (χ2n) is 7.73. The van der Waals surface area contributed by atoms with Crippen molar-refractivity contribution in [3.63, 3.8) is 0 Å². The lowest BCUT2D eigenvalue weighted by atomic mass is 9.90. The van der Waals surface area contributed by atoms with Crippen LogP contribution >= 0.6 is 0 Å². The first kappa shape index (κ1) is 17.2. The lowest BCUT2D eigenvalue weighted by Crippen LogP contribution is -2.63. The summed E-state index contributed by atoms with van der Waals surface area (Å²) in [6.07, 6.45) is 2.54. The Morgan fingerprint density at radius 3 is 2.68 bits per heavy atom. The van der Waals surface area contributed by atoms with Crippen LogP contribution in [-0.4, -0.2) is 76.9 Å². The fourth-order valence-electron chi connectivity index (χ4n) is 4.27. The molecule has 3 aliphatic rings. The van der Waals surface area contributed by atoms with Crippen LogP contribution in [0.25, 0.3) is 11.3 Å². The van der Waals surface area contributed by atoms with Crippen molar-refractivity contribution >= 4 is 11.9 Å². The van der Waals surface area contributed by atoms with Crippen LogP contribution in [0.1, 0.15) is 17.9 Å². The second-order valence-corrected chi connectivity index (χ2v) is 7.73. The highest BCUT2D eigenvalue weighted by Crippen LogP contribution is 2.30. The summed E-state index contributed by atoms with van der Waals surface area (Å²) in [4.78, 5) is 28.1. The molecule has 1 unspecified atom stereocenters. The van der Waals surface area contributed by atoms with Gasteiger partial charge in [0.25, 0.3) is 0 Å². The van der Waals surface area contributed by atoms with Crippen LogP contribution in [-0.2, 0) is 9.53 Å². The van der Waals surface area contributed by atoms with Gasteiger partial charge in [-0.2, -0.15) is 5.10 Å². The van der Waals surface area contributed by atoms with E-state index in [1.807, 2.05) is 15.9 Å². The number of fused-ring (bicyclic) bond motifs is 1. The van der Waals surface area contributed by atoms with Crippen molar-refractivity contribution in [1.29, 1.82) is 0 Å². The smallest absolute Gasteiger partial charge is 0.320 e. The van der Waals surface area contributed by atoms with Gasteiger partial charge in [0, 0.05) is 38.3 Å². The molecule has 2 N–H and O–H groups in total. The van der Waals surface area contributed by atoms with Crippen LogP contribution in [0.5, 0.6) is 0 Å². The molecule has 3 saturated heterocycles. The Bertz CT molecular complexity index is 860. The summed E-state index contributed by atoms with van der Waals surface area (Å²) in [7, 11) is 0. The third kappa shape index (κ3) is 3.13. The highest BCUT2D eigenvalue weighted by Gasteiger charge is 2.40. The molecule has 0 saturated carbocycles. The molecule has 1 aromatic carbocycles. The van der Waals surface area contributed by atoms with E-state index in [9.17, 15) is 9.59 Å². The Balaban J connectivity index is 1.16. The molecule has 8 nitrogen and oxygen atoms in total. The summed E-state index contributed by atoms with van der Waals surface area (Å²) >= 11 is 0. The third-order valence-electron chi connectivity index (χ3n) is 5.94. The van der Waals surface area contributed by atoms with Crippen LogP contribution in [0, 0.1) is 0 Å². The normalized spacial score (nSPS) is 25.1. The van der Waals surface area contributed by atoms with E-state index in [-0.39, 0.29) is 30.7 Å². The zero-order chi connectivity index (χ0) is 19.1. The van der Waals surface area contributed by atoms with Crippen molar-refractivity contribution in [2.24, 2.45) is 0 Å². The van der Waals surface area contributed by atoms with Gasteiger partial charge in [-0.3, -0.25) is 9.89 Å². The van der Waals surface area contributed by atoms with Gasteiger partial charge in [-0.05, 0) is 23.6 Å². The molecule has 3 fully saturated rings. The number of aromatic amines is 1. The Morgan fingerprint density at radius 1 is 1.11 bits per heavy atom. The van der Waals surface area contributed by atoms with Crippen molar-refractivity contribution in [3.05, 3.63) is 42.1 Å². The van der Waals surface area contributed by atoms with Gasteiger partial charge in [-0.1, -0.05) is 24.3 Å². The average molecular weight is 381 g/mol. The van der Waals surface area contributed by atoms with Crippen LogP contribution in [0.15, 0.2) is 36.5 Å². The summed E-state index contributed by atoms with van der Waals surface area (Å²) < 4.78 is 5.56. The number of carbonyl (C=O) groups is 2. The predicted octanol–water partition coefficient (Wildman–Crippen LogP) is 1.19. The fraction of sp³-hybridized carbons (Fsp3) is 0.450. The van der Waals surface area contributed by atoms with E-state index in [4.69, 9.17) is 4.74 Å². The first-order chi connectivity index (χ1) is 13.7. The Morgan fingerprint density at radius 2 is 1.93 bits per heavy atom. The summed E-state index contributed by atoms with van der Waals surface area (Å²) in [5.41, 5.74) is 3.35. The van der Waals surface area contributed by atoms with Crippen LogP contribution in [0.2, 0.25) is 0 Å². The molecule has 0 spiro atoms. The van der Waals surface area contributed by atoms with E-state index in [0.717, 1.165) is 30.8 Å². The second kappa shape index (κ2) is 6.94. The van der Waals surface area contributed by atoms with Crippen LogP contribution in [0.4, 0.5) is 4.79 Å². The van der Waals surface area contributed by atoms with Crippen molar-refractivity contribution in [1.82, 2.24) is 25.3 Å². The third-order valence-corrected chi connectivity index (χ3v) is 5.94. The molecule has 3 aliphatic heterocycles. The van der Waals surface area contributed by atoms with Crippen molar-refractivity contribution in [2.45, 2.75) is 24.5 Å². The minimum absolute atomic E-state index is 0.0271. The maximum Gasteiger partial charge on any atom is 0.320 e. The number of amides is 3. The minimum Gasteiger partial charge on any atom is -0.366 e. The van der Waals surface area contributed by atoms with Gasteiger partial charge < -0.3 is 19.9 Å². The molecule has 2 aromatic rings. The van der Waals surface area contributed by atoms with Crippen molar-refractivity contribution in [3.8, 4) is 11.3 Å². The van der Waals surface area contributed by atoms with E-state index in [1.54, 1.807) is 6.20 Å². The largest absolute Gasteiger partial charge is 0.366 e.